The van der Waals surface area contributed by atoms with Crippen molar-refractivity contribution in [1.82, 2.24) is 9.55 Å². The molecule has 8 nitrogen and oxygen atoms in total. The Labute approximate surface area is 224 Å². The summed E-state index contributed by atoms with van der Waals surface area (Å²) in [6.45, 7) is 10.6. The fourth-order valence-electron chi connectivity index (χ4n) is 5.63. The Balaban J connectivity index is 1.82. The van der Waals surface area contributed by atoms with Crippen LogP contribution in [0.15, 0.2) is 82.5 Å². The molecule has 1 aromatic heterocycles. The van der Waals surface area contributed by atoms with Gasteiger partial charge < -0.3 is 19.0 Å². The molecule has 0 saturated carbocycles. The highest BCUT2D eigenvalue weighted by atomic mass is 28.4. The van der Waals surface area contributed by atoms with Crippen molar-refractivity contribution >= 4 is 18.7 Å². The molecule has 0 radical (unpaired) electrons. The van der Waals surface area contributed by atoms with Gasteiger partial charge in [-0.1, -0.05) is 95.3 Å². The van der Waals surface area contributed by atoms with Crippen LogP contribution in [0.25, 0.3) is 0 Å². The first-order valence-corrected chi connectivity index (χ1v) is 14.8. The fourth-order valence-corrected chi connectivity index (χ4v) is 10.2. The minimum Gasteiger partial charge on any atom is -0.404 e. The SMILES string of the molecule is CO[C@H]1C(n2ccc(=O)[nH]c2=O)O[C@@](CO[Si](c2ccccc2)(c2ccccc2)C(C)(C)C)(C(C)C)[C@H]1O. The van der Waals surface area contributed by atoms with Crippen LogP contribution in [0.1, 0.15) is 40.8 Å². The highest BCUT2D eigenvalue weighted by Crippen LogP contribution is 2.45. The number of nitrogens with zero attached hydrogens (tertiary/aromatic N) is 1. The summed E-state index contributed by atoms with van der Waals surface area (Å²) in [5.41, 5.74) is -2.33. The third kappa shape index (κ3) is 4.73. The van der Waals surface area contributed by atoms with E-state index in [-0.39, 0.29) is 17.6 Å². The van der Waals surface area contributed by atoms with Gasteiger partial charge in [0.25, 0.3) is 13.9 Å². The van der Waals surface area contributed by atoms with E-state index in [4.69, 9.17) is 13.9 Å². The molecule has 9 heteroatoms. The number of hydrogen-bond acceptors (Lipinski definition) is 6. The fraction of sp³-hybridized carbons (Fsp3) is 0.448. The molecule has 0 spiro atoms. The van der Waals surface area contributed by atoms with Gasteiger partial charge in [0.2, 0.25) is 0 Å². The van der Waals surface area contributed by atoms with Gasteiger partial charge in [-0.05, 0) is 21.3 Å². The second kappa shape index (κ2) is 10.7. The summed E-state index contributed by atoms with van der Waals surface area (Å²) in [6.07, 6.45) is -1.55. The Bertz CT molecular complexity index is 1300. The highest BCUT2D eigenvalue weighted by molar-refractivity contribution is 6.99. The van der Waals surface area contributed by atoms with E-state index in [0.717, 1.165) is 10.4 Å². The molecule has 2 heterocycles. The zero-order chi connectivity index (χ0) is 27.7. The third-order valence-electron chi connectivity index (χ3n) is 7.74. The third-order valence-corrected chi connectivity index (χ3v) is 12.7. The maximum absolute atomic E-state index is 12.7. The average molecular weight is 539 g/mol. The summed E-state index contributed by atoms with van der Waals surface area (Å²) in [5.74, 6) is -0.197. The largest absolute Gasteiger partial charge is 0.404 e. The molecular formula is C29H38N2O6Si. The molecule has 2 N–H and O–H groups in total. The molecule has 0 aliphatic carbocycles. The van der Waals surface area contributed by atoms with Crippen LogP contribution in [-0.2, 0) is 13.9 Å². The molecule has 1 fully saturated rings. The van der Waals surface area contributed by atoms with Crippen molar-refractivity contribution in [3.63, 3.8) is 0 Å². The van der Waals surface area contributed by atoms with Crippen molar-refractivity contribution < 1.29 is 19.0 Å². The Morgan fingerprint density at radius 1 is 1.03 bits per heavy atom. The molecule has 1 aliphatic rings. The van der Waals surface area contributed by atoms with Gasteiger partial charge in [-0.3, -0.25) is 14.3 Å². The maximum atomic E-state index is 12.7. The quantitative estimate of drug-likeness (QED) is 0.427. The predicted molar refractivity (Wildman–Crippen MR) is 149 cm³/mol. The highest BCUT2D eigenvalue weighted by Gasteiger charge is 2.60. The van der Waals surface area contributed by atoms with Gasteiger partial charge in [-0.2, -0.15) is 0 Å². The van der Waals surface area contributed by atoms with Crippen molar-refractivity contribution in [3.05, 3.63) is 93.8 Å². The van der Waals surface area contributed by atoms with Crippen molar-refractivity contribution in [1.29, 1.82) is 0 Å². The lowest BCUT2D eigenvalue weighted by atomic mass is 9.85. The van der Waals surface area contributed by atoms with Crippen molar-refractivity contribution in [2.24, 2.45) is 5.92 Å². The van der Waals surface area contributed by atoms with Gasteiger partial charge in [0.15, 0.2) is 6.23 Å². The molecule has 2 aromatic carbocycles. The molecular weight excluding hydrogens is 500 g/mol. The molecule has 4 atom stereocenters. The number of methoxy groups -OCH3 is 1. The summed E-state index contributed by atoms with van der Waals surface area (Å²) in [6, 6.07) is 21.8. The number of benzene rings is 2. The van der Waals surface area contributed by atoms with Crippen LogP contribution in [0.2, 0.25) is 5.04 Å². The second-order valence-electron chi connectivity index (χ2n) is 11.2. The minimum atomic E-state index is -2.94. The van der Waals surface area contributed by atoms with Gasteiger partial charge in [0.05, 0.1) is 6.61 Å². The topological polar surface area (TPSA) is 103 Å². The summed E-state index contributed by atoms with van der Waals surface area (Å²) in [5, 5.41) is 13.6. The minimum absolute atomic E-state index is 0.0770. The number of aromatic amines is 1. The molecule has 1 saturated heterocycles. The molecule has 38 heavy (non-hydrogen) atoms. The van der Waals surface area contributed by atoms with Gasteiger partial charge in [0, 0.05) is 19.4 Å². The lowest BCUT2D eigenvalue weighted by Crippen LogP contribution is -2.68. The van der Waals surface area contributed by atoms with Gasteiger partial charge in [0.1, 0.15) is 17.8 Å². The van der Waals surface area contributed by atoms with Crippen LogP contribution in [-0.4, -0.2) is 54.5 Å². The smallest absolute Gasteiger partial charge is 0.330 e. The number of hydrogen-bond donors (Lipinski definition) is 2. The van der Waals surface area contributed by atoms with E-state index in [9.17, 15) is 14.7 Å². The Morgan fingerprint density at radius 3 is 2.03 bits per heavy atom. The summed E-state index contributed by atoms with van der Waals surface area (Å²) >= 11 is 0. The number of H-pyrrole nitrogens is 1. The average Bonchev–Trinajstić information content (AvgIpc) is 3.17. The van der Waals surface area contributed by atoms with Crippen molar-refractivity contribution in [3.8, 4) is 0 Å². The second-order valence-corrected chi connectivity index (χ2v) is 15.5. The number of aliphatic hydroxyl groups is 1. The Kier molecular flexibility index (Phi) is 7.97. The van der Waals surface area contributed by atoms with E-state index >= 15 is 0 Å². The number of ether oxygens (including phenoxy) is 2. The van der Waals surface area contributed by atoms with Crippen LogP contribution in [0.5, 0.6) is 0 Å². The van der Waals surface area contributed by atoms with Crippen LogP contribution in [0.4, 0.5) is 0 Å². The molecule has 3 aromatic rings. The molecule has 1 unspecified atom stereocenters. The monoisotopic (exact) mass is 538 g/mol. The number of aromatic nitrogens is 2. The summed E-state index contributed by atoms with van der Waals surface area (Å²) in [4.78, 5) is 26.6. The Hall–Kier alpha value is -2.82. The summed E-state index contributed by atoms with van der Waals surface area (Å²) in [7, 11) is -1.47. The van der Waals surface area contributed by atoms with E-state index < -0.39 is 43.6 Å². The number of aliphatic hydroxyl groups excluding tert-OH is 1. The van der Waals surface area contributed by atoms with E-state index in [1.165, 1.54) is 23.9 Å². The van der Waals surface area contributed by atoms with E-state index in [0.29, 0.717) is 0 Å². The van der Waals surface area contributed by atoms with Crippen LogP contribution in [0.3, 0.4) is 0 Å². The molecule has 0 bridgehead atoms. The molecule has 0 amide bonds. The van der Waals surface area contributed by atoms with E-state index in [1.807, 2.05) is 50.2 Å². The lowest BCUT2D eigenvalue weighted by molar-refractivity contribution is -0.150. The molecule has 1 aliphatic heterocycles. The predicted octanol–water partition coefficient (Wildman–Crippen LogP) is 2.41. The number of rotatable bonds is 8. The number of nitrogens with one attached hydrogen (secondary N) is 1. The van der Waals surface area contributed by atoms with Crippen LogP contribution < -0.4 is 21.6 Å². The zero-order valence-corrected chi connectivity index (χ0v) is 23.9. The molecule has 4 rings (SSSR count). The lowest BCUT2D eigenvalue weighted by Gasteiger charge is -2.46. The first-order valence-electron chi connectivity index (χ1n) is 12.9. The van der Waals surface area contributed by atoms with Crippen molar-refractivity contribution in [2.45, 2.75) is 63.7 Å². The maximum Gasteiger partial charge on any atom is 0.330 e. The van der Waals surface area contributed by atoms with Crippen LogP contribution >= 0.6 is 0 Å². The molecule has 204 valence electrons. The van der Waals surface area contributed by atoms with Crippen LogP contribution in [0, 0.1) is 5.92 Å². The normalized spacial score (nSPS) is 24.2. The Morgan fingerprint density at radius 2 is 1.58 bits per heavy atom. The standard InChI is InChI=1S/C29H38N2O6Si/c1-20(2)29(25(33)24(35-6)26(37-29)31-18-17-23(32)30-27(31)34)19-36-38(28(3,4)5,21-13-9-7-10-14-21)22-15-11-8-12-16-22/h7-18,20,24-26,33H,19H2,1-6H3,(H,30,32,34)/t24-,25+,26?,29+/m1/s1. The van der Waals surface area contributed by atoms with Gasteiger partial charge in [-0.15, -0.1) is 0 Å². The van der Waals surface area contributed by atoms with E-state index in [1.54, 1.807) is 0 Å². The summed E-state index contributed by atoms with van der Waals surface area (Å²) < 4.78 is 20.7. The zero-order valence-electron chi connectivity index (χ0n) is 22.9. The van der Waals surface area contributed by atoms with Gasteiger partial charge >= 0.3 is 5.69 Å². The first-order chi connectivity index (χ1) is 18.0. The van der Waals surface area contributed by atoms with Crippen molar-refractivity contribution in [2.75, 3.05) is 13.7 Å². The van der Waals surface area contributed by atoms with Gasteiger partial charge in [-0.25, -0.2) is 4.79 Å². The van der Waals surface area contributed by atoms with E-state index in [2.05, 4.69) is 50.0 Å². The first kappa shape index (κ1) is 28.2.